The molecule has 0 bridgehead atoms. The maximum atomic E-state index is 5.81. The summed E-state index contributed by atoms with van der Waals surface area (Å²) in [6.07, 6.45) is 2.96. The molecular weight excluding hydrogens is 350 g/mol. The SMILES string of the molecule is c1ccc(-c2nc3ccccn3c2CNc2ccc3c(c2)OCCCO3)cc1. The molecule has 2 aromatic carbocycles. The van der Waals surface area contributed by atoms with Crippen LogP contribution in [0.3, 0.4) is 0 Å². The van der Waals surface area contributed by atoms with E-state index in [0.29, 0.717) is 19.8 Å². The Kier molecular flexibility index (Phi) is 4.33. The van der Waals surface area contributed by atoms with Crippen LogP contribution >= 0.6 is 0 Å². The van der Waals surface area contributed by atoms with Gasteiger partial charge in [0.25, 0.3) is 0 Å². The highest BCUT2D eigenvalue weighted by molar-refractivity contribution is 5.67. The van der Waals surface area contributed by atoms with Crippen molar-refractivity contribution in [3.63, 3.8) is 0 Å². The fourth-order valence-electron chi connectivity index (χ4n) is 3.50. The maximum absolute atomic E-state index is 5.81. The monoisotopic (exact) mass is 371 g/mol. The third-order valence-electron chi connectivity index (χ3n) is 4.88. The summed E-state index contributed by atoms with van der Waals surface area (Å²) in [5, 5.41) is 3.52. The zero-order valence-corrected chi connectivity index (χ0v) is 15.5. The van der Waals surface area contributed by atoms with Crippen molar-refractivity contribution in [3.05, 3.63) is 78.6 Å². The molecule has 1 aliphatic rings. The molecule has 5 nitrogen and oxygen atoms in total. The Balaban J connectivity index is 1.48. The Hall–Kier alpha value is -3.47. The van der Waals surface area contributed by atoms with Gasteiger partial charge in [-0.3, -0.25) is 0 Å². The van der Waals surface area contributed by atoms with E-state index in [-0.39, 0.29) is 0 Å². The van der Waals surface area contributed by atoms with Gasteiger partial charge in [0.05, 0.1) is 31.1 Å². The van der Waals surface area contributed by atoms with Crippen LogP contribution in [0.4, 0.5) is 5.69 Å². The molecule has 140 valence electrons. The van der Waals surface area contributed by atoms with Crippen LogP contribution in [0.15, 0.2) is 72.9 Å². The molecule has 0 fully saturated rings. The van der Waals surface area contributed by atoms with Crippen LogP contribution in [0.5, 0.6) is 11.5 Å². The third-order valence-corrected chi connectivity index (χ3v) is 4.88. The quantitative estimate of drug-likeness (QED) is 0.561. The van der Waals surface area contributed by atoms with Crippen molar-refractivity contribution >= 4 is 11.3 Å². The van der Waals surface area contributed by atoms with E-state index in [2.05, 4.69) is 28.0 Å². The lowest BCUT2D eigenvalue weighted by Crippen LogP contribution is -2.04. The molecule has 0 amide bonds. The molecule has 1 N–H and O–H groups in total. The summed E-state index contributed by atoms with van der Waals surface area (Å²) in [7, 11) is 0. The number of hydrogen-bond donors (Lipinski definition) is 1. The highest BCUT2D eigenvalue weighted by Crippen LogP contribution is 2.33. The van der Waals surface area contributed by atoms with Crippen LogP contribution in [0.2, 0.25) is 0 Å². The first-order valence-electron chi connectivity index (χ1n) is 9.53. The van der Waals surface area contributed by atoms with Crippen LogP contribution in [-0.2, 0) is 6.54 Å². The van der Waals surface area contributed by atoms with Crippen LogP contribution in [0.1, 0.15) is 12.1 Å². The van der Waals surface area contributed by atoms with E-state index in [9.17, 15) is 0 Å². The predicted octanol–water partition coefficient (Wildman–Crippen LogP) is 4.77. The zero-order chi connectivity index (χ0) is 18.8. The molecule has 0 spiro atoms. The van der Waals surface area contributed by atoms with Crippen molar-refractivity contribution < 1.29 is 9.47 Å². The number of anilines is 1. The molecule has 5 heteroatoms. The summed E-state index contributed by atoms with van der Waals surface area (Å²) in [4.78, 5) is 4.86. The largest absolute Gasteiger partial charge is 0.490 e. The van der Waals surface area contributed by atoms with E-state index in [1.54, 1.807) is 0 Å². The molecule has 28 heavy (non-hydrogen) atoms. The lowest BCUT2D eigenvalue weighted by Gasteiger charge is -2.12. The number of hydrogen-bond acceptors (Lipinski definition) is 4. The van der Waals surface area contributed by atoms with E-state index in [4.69, 9.17) is 14.5 Å². The molecule has 2 aromatic heterocycles. The third kappa shape index (κ3) is 3.16. The van der Waals surface area contributed by atoms with Gasteiger partial charge < -0.3 is 19.2 Å². The van der Waals surface area contributed by atoms with Gasteiger partial charge in [-0.1, -0.05) is 36.4 Å². The minimum atomic E-state index is 0.648. The fourth-order valence-corrected chi connectivity index (χ4v) is 3.50. The van der Waals surface area contributed by atoms with E-state index in [1.807, 2.05) is 54.6 Å². The van der Waals surface area contributed by atoms with Gasteiger partial charge in [-0.05, 0) is 24.3 Å². The van der Waals surface area contributed by atoms with Crippen molar-refractivity contribution in [2.24, 2.45) is 0 Å². The molecule has 0 saturated carbocycles. The minimum absolute atomic E-state index is 0.648. The Morgan fingerprint density at radius 1 is 0.893 bits per heavy atom. The highest BCUT2D eigenvalue weighted by atomic mass is 16.5. The first kappa shape index (κ1) is 16.7. The molecule has 0 saturated heterocycles. The van der Waals surface area contributed by atoms with E-state index < -0.39 is 0 Å². The number of ether oxygens (including phenoxy) is 2. The lowest BCUT2D eigenvalue weighted by atomic mass is 10.1. The number of nitrogens with one attached hydrogen (secondary N) is 1. The van der Waals surface area contributed by atoms with Crippen LogP contribution in [0, 0.1) is 0 Å². The van der Waals surface area contributed by atoms with Crippen LogP contribution in [-0.4, -0.2) is 22.6 Å². The van der Waals surface area contributed by atoms with E-state index in [1.165, 1.54) is 0 Å². The van der Waals surface area contributed by atoms with Crippen molar-refractivity contribution in [2.45, 2.75) is 13.0 Å². The van der Waals surface area contributed by atoms with Gasteiger partial charge in [-0.15, -0.1) is 0 Å². The van der Waals surface area contributed by atoms with Gasteiger partial charge in [0.1, 0.15) is 5.65 Å². The molecule has 0 radical (unpaired) electrons. The molecular formula is C23H21N3O2. The van der Waals surface area contributed by atoms with Gasteiger partial charge in [0.2, 0.25) is 0 Å². The average molecular weight is 371 g/mol. The summed E-state index contributed by atoms with van der Waals surface area (Å²) in [5.41, 5.74) is 5.16. The second-order valence-electron chi connectivity index (χ2n) is 6.77. The van der Waals surface area contributed by atoms with Crippen LogP contribution < -0.4 is 14.8 Å². The first-order valence-corrected chi connectivity index (χ1v) is 9.53. The maximum Gasteiger partial charge on any atom is 0.163 e. The number of fused-ring (bicyclic) bond motifs is 2. The molecule has 4 aromatic rings. The minimum Gasteiger partial charge on any atom is -0.490 e. The molecule has 0 atom stereocenters. The predicted molar refractivity (Wildman–Crippen MR) is 110 cm³/mol. The van der Waals surface area contributed by atoms with Crippen molar-refractivity contribution in [1.82, 2.24) is 9.38 Å². The zero-order valence-electron chi connectivity index (χ0n) is 15.5. The summed E-state index contributed by atoms with van der Waals surface area (Å²) in [5.74, 6) is 1.60. The van der Waals surface area contributed by atoms with Gasteiger partial charge >= 0.3 is 0 Å². The van der Waals surface area contributed by atoms with E-state index in [0.717, 1.165) is 46.2 Å². The number of aromatic nitrogens is 2. The molecule has 5 rings (SSSR count). The first-order chi connectivity index (χ1) is 13.9. The fraction of sp³-hybridized carbons (Fsp3) is 0.174. The van der Waals surface area contributed by atoms with Crippen molar-refractivity contribution in [1.29, 1.82) is 0 Å². The summed E-state index contributed by atoms with van der Waals surface area (Å²) in [6.45, 7) is 2.03. The topological polar surface area (TPSA) is 47.8 Å². The smallest absolute Gasteiger partial charge is 0.163 e. The Morgan fingerprint density at radius 2 is 1.71 bits per heavy atom. The van der Waals surface area contributed by atoms with Gasteiger partial charge in [-0.25, -0.2) is 4.98 Å². The number of nitrogens with zero attached hydrogens (tertiary/aromatic N) is 2. The molecule has 0 unspecified atom stereocenters. The standard InChI is InChI=1S/C23H21N3O2/c1-2-7-17(8-3-1)23-19(26-12-5-4-9-22(26)25-23)16-24-18-10-11-20-21(15-18)28-14-6-13-27-20/h1-5,7-12,15,24H,6,13-14,16H2. The number of benzene rings is 2. The Bertz CT molecular complexity index is 1110. The highest BCUT2D eigenvalue weighted by Gasteiger charge is 2.15. The normalized spacial score (nSPS) is 13.3. The summed E-state index contributed by atoms with van der Waals surface area (Å²) in [6, 6.07) is 22.4. The molecule has 1 aliphatic heterocycles. The second kappa shape index (κ2) is 7.27. The van der Waals surface area contributed by atoms with Gasteiger partial charge in [0, 0.05) is 29.9 Å². The van der Waals surface area contributed by atoms with Crippen molar-refractivity contribution in [2.75, 3.05) is 18.5 Å². The summed E-state index contributed by atoms with van der Waals surface area (Å²) < 4.78 is 13.7. The Labute approximate surface area is 163 Å². The number of imidazole rings is 1. The Morgan fingerprint density at radius 3 is 2.61 bits per heavy atom. The molecule has 0 aliphatic carbocycles. The molecule has 3 heterocycles. The van der Waals surface area contributed by atoms with Gasteiger partial charge in [0.15, 0.2) is 11.5 Å². The number of rotatable bonds is 4. The summed E-state index contributed by atoms with van der Waals surface area (Å²) >= 11 is 0. The van der Waals surface area contributed by atoms with Crippen LogP contribution in [0.25, 0.3) is 16.9 Å². The van der Waals surface area contributed by atoms with Gasteiger partial charge in [-0.2, -0.15) is 0 Å². The van der Waals surface area contributed by atoms with Crippen molar-refractivity contribution in [3.8, 4) is 22.8 Å². The lowest BCUT2D eigenvalue weighted by molar-refractivity contribution is 0.297. The van der Waals surface area contributed by atoms with E-state index >= 15 is 0 Å². The number of pyridine rings is 1. The average Bonchev–Trinajstić information content (AvgIpc) is 2.95. The second-order valence-corrected chi connectivity index (χ2v) is 6.77.